The van der Waals surface area contributed by atoms with Crippen molar-refractivity contribution in [2.75, 3.05) is 14.2 Å². The first kappa shape index (κ1) is 18.3. The Kier molecular flexibility index (Phi) is 6.67. The zero-order valence-electron chi connectivity index (χ0n) is 14.1. The smallest absolute Gasteiger partial charge is 0.220 e. The van der Waals surface area contributed by atoms with Crippen molar-refractivity contribution in [2.45, 2.75) is 25.8 Å². The average molecular weight is 392 g/mol. The number of halogens is 1. The summed E-state index contributed by atoms with van der Waals surface area (Å²) in [5.41, 5.74) is 2.08. The van der Waals surface area contributed by atoms with E-state index in [4.69, 9.17) is 9.47 Å². The summed E-state index contributed by atoms with van der Waals surface area (Å²) in [6.07, 6.45) is 1.04. The fraction of sp³-hybridized carbons (Fsp3) is 0.316. The van der Waals surface area contributed by atoms with E-state index in [0.717, 1.165) is 27.1 Å². The van der Waals surface area contributed by atoms with E-state index in [2.05, 4.69) is 21.2 Å². The summed E-state index contributed by atoms with van der Waals surface area (Å²) in [5.74, 6) is 1.48. The normalized spacial score (nSPS) is 11.7. The minimum atomic E-state index is -0.0326. The number of benzene rings is 2. The molecule has 0 heterocycles. The van der Waals surface area contributed by atoms with Crippen LogP contribution in [0.5, 0.6) is 11.5 Å². The number of carbonyl (C=O) groups excluding carboxylic acids is 1. The summed E-state index contributed by atoms with van der Waals surface area (Å²) in [5, 5.41) is 3.03. The van der Waals surface area contributed by atoms with Gasteiger partial charge in [-0.3, -0.25) is 4.79 Å². The van der Waals surface area contributed by atoms with Gasteiger partial charge in [-0.05, 0) is 48.7 Å². The Morgan fingerprint density at radius 1 is 1.12 bits per heavy atom. The van der Waals surface area contributed by atoms with Crippen LogP contribution >= 0.6 is 15.9 Å². The number of methoxy groups -OCH3 is 2. The first-order valence-corrected chi connectivity index (χ1v) is 8.58. The molecule has 0 aliphatic rings. The Morgan fingerprint density at radius 2 is 1.79 bits per heavy atom. The molecule has 0 bridgehead atoms. The lowest BCUT2D eigenvalue weighted by molar-refractivity contribution is -0.121. The second kappa shape index (κ2) is 8.73. The monoisotopic (exact) mass is 391 g/mol. The molecular formula is C19H22BrNO3. The van der Waals surface area contributed by atoms with Gasteiger partial charge in [0, 0.05) is 17.0 Å². The molecule has 1 N–H and O–H groups in total. The van der Waals surface area contributed by atoms with Crippen molar-refractivity contribution in [3.8, 4) is 11.5 Å². The van der Waals surface area contributed by atoms with E-state index in [1.54, 1.807) is 14.2 Å². The van der Waals surface area contributed by atoms with Crippen molar-refractivity contribution in [3.63, 3.8) is 0 Å². The van der Waals surface area contributed by atoms with Crippen LogP contribution < -0.4 is 14.8 Å². The van der Waals surface area contributed by atoms with Gasteiger partial charge in [-0.15, -0.1) is 0 Å². The fourth-order valence-electron chi connectivity index (χ4n) is 2.44. The Bertz CT molecular complexity index is 681. The molecule has 1 unspecified atom stereocenters. The molecule has 0 aliphatic carbocycles. The van der Waals surface area contributed by atoms with Crippen LogP contribution in [0.15, 0.2) is 46.9 Å². The molecular weight excluding hydrogens is 370 g/mol. The van der Waals surface area contributed by atoms with Crippen LogP contribution in [0.25, 0.3) is 0 Å². The first-order valence-electron chi connectivity index (χ1n) is 7.78. The van der Waals surface area contributed by atoms with Crippen molar-refractivity contribution >= 4 is 21.8 Å². The predicted octanol–water partition coefficient (Wildman–Crippen LogP) is 4.28. The summed E-state index contributed by atoms with van der Waals surface area (Å²) in [6.45, 7) is 1.98. The summed E-state index contributed by atoms with van der Waals surface area (Å²) in [6, 6.07) is 13.6. The van der Waals surface area contributed by atoms with Crippen molar-refractivity contribution < 1.29 is 14.3 Å². The number of amides is 1. The van der Waals surface area contributed by atoms with Gasteiger partial charge in [0.05, 0.1) is 20.3 Å². The molecule has 1 atom stereocenters. The SMILES string of the molecule is COc1cc(CCC(=O)NC(C)c2cccc(Br)c2)cc(OC)c1. The van der Waals surface area contributed by atoms with Crippen LogP contribution in [0.2, 0.25) is 0 Å². The maximum atomic E-state index is 12.2. The van der Waals surface area contributed by atoms with Crippen molar-refractivity contribution in [1.82, 2.24) is 5.32 Å². The number of rotatable bonds is 7. The molecule has 0 spiro atoms. The van der Waals surface area contributed by atoms with Crippen LogP contribution in [-0.2, 0) is 11.2 Å². The van der Waals surface area contributed by atoms with Gasteiger partial charge in [-0.25, -0.2) is 0 Å². The molecule has 2 rings (SSSR count). The van der Waals surface area contributed by atoms with Crippen LogP contribution in [0.4, 0.5) is 0 Å². The van der Waals surface area contributed by atoms with E-state index < -0.39 is 0 Å². The molecule has 0 radical (unpaired) electrons. The van der Waals surface area contributed by atoms with Gasteiger partial charge >= 0.3 is 0 Å². The highest BCUT2D eigenvalue weighted by Gasteiger charge is 2.11. The van der Waals surface area contributed by atoms with Crippen LogP contribution in [0.1, 0.15) is 30.5 Å². The molecule has 0 saturated heterocycles. The number of carbonyl (C=O) groups is 1. The van der Waals surface area contributed by atoms with Gasteiger partial charge in [0.1, 0.15) is 11.5 Å². The quantitative estimate of drug-likeness (QED) is 0.765. The van der Waals surface area contributed by atoms with Gasteiger partial charge in [-0.1, -0.05) is 28.1 Å². The fourth-order valence-corrected chi connectivity index (χ4v) is 2.86. The highest BCUT2D eigenvalue weighted by atomic mass is 79.9. The second-order valence-corrected chi connectivity index (χ2v) is 6.48. The zero-order chi connectivity index (χ0) is 17.5. The molecule has 1 amide bonds. The standard InChI is InChI=1S/C19H22BrNO3/c1-13(15-5-4-6-16(20)11-15)21-19(22)8-7-14-9-17(23-2)12-18(10-14)24-3/h4-6,9-13H,7-8H2,1-3H3,(H,21,22). The van der Waals surface area contributed by atoms with E-state index in [1.807, 2.05) is 49.4 Å². The maximum Gasteiger partial charge on any atom is 0.220 e. The van der Waals surface area contributed by atoms with Crippen LogP contribution in [0, 0.1) is 0 Å². The summed E-state index contributed by atoms with van der Waals surface area (Å²) < 4.78 is 11.5. The molecule has 128 valence electrons. The van der Waals surface area contributed by atoms with Crippen LogP contribution in [0.3, 0.4) is 0 Å². The van der Waals surface area contributed by atoms with E-state index in [0.29, 0.717) is 12.8 Å². The number of aryl methyl sites for hydroxylation is 1. The number of hydrogen-bond acceptors (Lipinski definition) is 3. The van der Waals surface area contributed by atoms with Crippen molar-refractivity contribution in [2.24, 2.45) is 0 Å². The Balaban J connectivity index is 1.93. The lowest BCUT2D eigenvalue weighted by Gasteiger charge is -2.15. The highest BCUT2D eigenvalue weighted by molar-refractivity contribution is 9.10. The zero-order valence-corrected chi connectivity index (χ0v) is 15.7. The van der Waals surface area contributed by atoms with E-state index in [9.17, 15) is 4.79 Å². The molecule has 0 fully saturated rings. The lowest BCUT2D eigenvalue weighted by atomic mass is 10.1. The van der Waals surface area contributed by atoms with Gasteiger partial charge in [-0.2, -0.15) is 0 Å². The van der Waals surface area contributed by atoms with E-state index in [-0.39, 0.29) is 11.9 Å². The maximum absolute atomic E-state index is 12.2. The van der Waals surface area contributed by atoms with Gasteiger partial charge in [0.15, 0.2) is 0 Å². The molecule has 0 saturated carbocycles. The van der Waals surface area contributed by atoms with Crippen molar-refractivity contribution in [3.05, 3.63) is 58.1 Å². The third-order valence-electron chi connectivity index (χ3n) is 3.78. The highest BCUT2D eigenvalue weighted by Crippen LogP contribution is 2.23. The van der Waals surface area contributed by atoms with Gasteiger partial charge < -0.3 is 14.8 Å². The summed E-state index contributed by atoms with van der Waals surface area (Å²) in [4.78, 5) is 12.2. The topological polar surface area (TPSA) is 47.6 Å². The number of hydrogen-bond donors (Lipinski definition) is 1. The molecule has 0 aliphatic heterocycles. The summed E-state index contributed by atoms with van der Waals surface area (Å²) >= 11 is 3.45. The van der Waals surface area contributed by atoms with Crippen LogP contribution in [-0.4, -0.2) is 20.1 Å². The van der Waals surface area contributed by atoms with E-state index in [1.165, 1.54) is 0 Å². The predicted molar refractivity (Wildman–Crippen MR) is 98.6 cm³/mol. The Morgan fingerprint density at radius 3 is 2.38 bits per heavy atom. The lowest BCUT2D eigenvalue weighted by Crippen LogP contribution is -2.26. The molecule has 5 heteroatoms. The van der Waals surface area contributed by atoms with Crippen molar-refractivity contribution in [1.29, 1.82) is 0 Å². The molecule has 24 heavy (non-hydrogen) atoms. The molecule has 4 nitrogen and oxygen atoms in total. The second-order valence-electron chi connectivity index (χ2n) is 5.57. The third kappa shape index (κ3) is 5.27. The molecule has 2 aromatic carbocycles. The van der Waals surface area contributed by atoms with Gasteiger partial charge in [0.2, 0.25) is 5.91 Å². The third-order valence-corrected chi connectivity index (χ3v) is 4.27. The van der Waals surface area contributed by atoms with E-state index >= 15 is 0 Å². The average Bonchev–Trinajstić information content (AvgIpc) is 2.59. The van der Waals surface area contributed by atoms with Gasteiger partial charge in [0.25, 0.3) is 0 Å². The number of nitrogens with one attached hydrogen (secondary N) is 1. The Hall–Kier alpha value is -2.01. The first-order chi connectivity index (χ1) is 11.5. The Labute approximate surface area is 151 Å². The number of ether oxygens (including phenoxy) is 2. The summed E-state index contributed by atoms with van der Waals surface area (Å²) in [7, 11) is 3.23. The minimum Gasteiger partial charge on any atom is -0.497 e. The molecule has 0 aromatic heterocycles. The minimum absolute atomic E-state index is 0.0178. The molecule has 2 aromatic rings. The largest absolute Gasteiger partial charge is 0.497 e.